The van der Waals surface area contributed by atoms with Crippen LogP contribution in [0.1, 0.15) is 24.4 Å². The molecule has 7 heteroatoms. The first kappa shape index (κ1) is 19.5. The highest BCUT2D eigenvalue weighted by atomic mass is 16.5. The van der Waals surface area contributed by atoms with Gasteiger partial charge in [-0.05, 0) is 49.2 Å². The summed E-state index contributed by atoms with van der Waals surface area (Å²) in [6.07, 6.45) is 3.71. The average molecular weight is 415 g/mol. The van der Waals surface area contributed by atoms with Gasteiger partial charge in [0.1, 0.15) is 23.6 Å². The van der Waals surface area contributed by atoms with Crippen LogP contribution in [0, 0.1) is 0 Å². The Kier molecular flexibility index (Phi) is 5.26. The first-order valence-electron chi connectivity index (χ1n) is 10.6. The molecular weight excluding hydrogens is 388 g/mol. The van der Waals surface area contributed by atoms with Crippen molar-refractivity contribution in [3.63, 3.8) is 0 Å². The van der Waals surface area contributed by atoms with Crippen LogP contribution in [-0.4, -0.2) is 44.8 Å². The number of anilines is 1. The highest BCUT2D eigenvalue weighted by Gasteiger charge is 2.26. The minimum absolute atomic E-state index is 0.237. The van der Waals surface area contributed by atoms with Crippen molar-refractivity contribution in [1.29, 1.82) is 0 Å². The molecule has 31 heavy (non-hydrogen) atoms. The lowest BCUT2D eigenvalue weighted by Crippen LogP contribution is -2.36. The van der Waals surface area contributed by atoms with E-state index < -0.39 is 0 Å². The minimum atomic E-state index is 0.237. The second kappa shape index (κ2) is 8.35. The molecule has 2 aromatic carbocycles. The van der Waals surface area contributed by atoms with Crippen LogP contribution in [0.3, 0.4) is 0 Å². The number of piperidine rings is 1. The maximum absolute atomic E-state index is 6.28. The minimum Gasteiger partial charge on any atom is -0.497 e. The van der Waals surface area contributed by atoms with Crippen LogP contribution in [0.2, 0.25) is 0 Å². The molecule has 2 aromatic heterocycles. The van der Waals surface area contributed by atoms with Crippen LogP contribution in [0.5, 0.6) is 5.75 Å². The fraction of sp³-hybridized carbons (Fsp3) is 0.292. The van der Waals surface area contributed by atoms with Crippen molar-refractivity contribution in [2.24, 2.45) is 0 Å². The standard InChI is InChI=1S/C24H26N6O/c1-31-20-11-9-18(10-12-20)22-21-23(25)26-16-27-24(21)30(28-22)19-8-5-13-29(15-19)14-17-6-3-2-4-7-17/h2-4,6-7,9-12,16,19H,5,8,13-15H2,1H3,(H2,25,26,27). The molecule has 1 aliphatic heterocycles. The van der Waals surface area contributed by atoms with Crippen molar-refractivity contribution in [2.45, 2.75) is 25.4 Å². The van der Waals surface area contributed by atoms with Crippen LogP contribution in [0.15, 0.2) is 60.9 Å². The van der Waals surface area contributed by atoms with E-state index in [1.54, 1.807) is 7.11 Å². The number of rotatable bonds is 5. The molecule has 4 aromatic rings. The van der Waals surface area contributed by atoms with Crippen LogP contribution in [-0.2, 0) is 6.54 Å². The number of fused-ring (bicyclic) bond motifs is 1. The third-order valence-corrected chi connectivity index (χ3v) is 5.96. The largest absolute Gasteiger partial charge is 0.497 e. The number of hydrogen-bond acceptors (Lipinski definition) is 6. The lowest BCUT2D eigenvalue weighted by atomic mass is 10.0. The molecule has 0 saturated carbocycles. The fourth-order valence-electron chi connectivity index (χ4n) is 4.42. The van der Waals surface area contributed by atoms with Crippen molar-refractivity contribution < 1.29 is 4.74 Å². The average Bonchev–Trinajstić information content (AvgIpc) is 3.21. The van der Waals surface area contributed by atoms with Crippen LogP contribution >= 0.6 is 0 Å². The first-order valence-corrected chi connectivity index (χ1v) is 10.6. The lowest BCUT2D eigenvalue weighted by molar-refractivity contribution is 0.165. The van der Waals surface area contributed by atoms with Gasteiger partial charge in [-0.25, -0.2) is 14.6 Å². The molecule has 0 radical (unpaired) electrons. The van der Waals surface area contributed by atoms with Crippen LogP contribution in [0.4, 0.5) is 5.82 Å². The van der Waals surface area contributed by atoms with Crippen molar-refractivity contribution in [2.75, 3.05) is 25.9 Å². The maximum atomic E-state index is 6.28. The predicted octanol–water partition coefficient (Wildman–Crippen LogP) is 3.92. The molecule has 0 bridgehead atoms. The summed E-state index contributed by atoms with van der Waals surface area (Å²) in [5.74, 6) is 1.26. The Hall–Kier alpha value is -3.45. The Labute approximate surface area is 181 Å². The molecule has 5 rings (SSSR count). The Morgan fingerprint density at radius 2 is 1.87 bits per heavy atom. The Morgan fingerprint density at radius 1 is 1.06 bits per heavy atom. The number of likely N-dealkylation sites (tertiary alicyclic amines) is 1. The summed E-state index contributed by atoms with van der Waals surface area (Å²) in [5.41, 5.74) is 10.2. The van der Waals surface area contributed by atoms with E-state index in [9.17, 15) is 0 Å². The zero-order valence-electron chi connectivity index (χ0n) is 17.6. The summed E-state index contributed by atoms with van der Waals surface area (Å²) >= 11 is 0. The second-order valence-electron chi connectivity index (χ2n) is 8.00. The van der Waals surface area contributed by atoms with Gasteiger partial charge in [0.15, 0.2) is 5.65 Å². The SMILES string of the molecule is COc1ccc(-c2nn(C3CCCN(Cc4ccccc4)C3)c3ncnc(N)c23)cc1. The Bertz CT molecular complexity index is 1170. The normalized spacial score (nSPS) is 17.1. The van der Waals surface area contributed by atoms with E-state index in [2.05, 4.69) is 49.9 Å². The van der Waals surface area contributed by atoms with Gasteiger partial charge in [-0.2, -0.15) is 5.10 Å². The third-order valence-electron chi connectivity index (χ3n) is 5.96. The third kappa shape index (κ3) is 3.84. The van der Waals surface area contributed by atoms with Crippen molar-refractivity contribution >= 4 is 16.9 Å². The van der Waals surface area contributed by atoms with Gasteiger partial charge in [0, 0.05) is 18.7 Å². The number of ether oxygens (including phenoxy) is 1. The predicted molar refractivity (Wildman–Crippen MR) is 122 cm³/mol. The van der Waals surface area contributed by atoms with Gasteiger partial charge in [-0.15, -0.1) is 0 Å². The monoisotopic (exact) mass is 414 g/mol. The molecular formula is C24H26N6O. The van der Waals surface area contributed by atoms with Gasteiger partial charge in [-0.3, -0.25) is 4.90 Å². The van der Waals surface area contributed by atoms with E-state index in [0.717, 1.165) is 60.5 Å². The molecule has 1 fully saturated rings. The summed E-state index contributed by atoms with van der Waals surface area (Å²) in [6.45, 7) is 2.96. The number of methoxy groups -OCH3 is 1. The van der Waals surface area contributed by atoms with Gasteiger partial charge in [0.05, 0.1) is 18.5 Å². The highest BCUT2D eigenvalue weighted by molar-refractivity contribution is 5.98. The molecule has 1 aliphatic rings. The van der Waals surface area contributed by atoms with Gasteiger partial charge in [-0.1, -0.05) is 30.3 Å². The van der Waals surface area contributed by atoms with E-state index in [-0.39, 0.29) is 6.04 Å². The molecule has 1 saturated heterocycles. The number of hydrogen-bond donors (Lipinski definition) is 1. The van der Waals surface area contributed by atoms with Crippen molar-refractivity contribution in [3.05, 3.63) is 66.5 Å². The number of nitrogens with zero attached hydrogens (tertiary/aromatic N) is 5. The van der Waals surface area contributed by atoms with E-state index in [0.29, 0.717) is 5.82 Å². The first-order chi connectivity index (χ1) is 15.2. The maximum Gasteiger partial charge on any atom is 0.164 e. The fourth-order valence-corrected chi connectivity index (χ4v) is 4.42. The van der Waals surface area contributed by atoms with Crippen molar-refractivity contribution in [3.8, 4) is 17.0 Å². The van der Waals surface area contributed by atoms with Gasteiger partial charge >= 0.3 is 0 Å². The number of benzene rings is 2. The number of nitrogen functional groups attached to an aromatic ring is 1. The zero-order valence-corrected chi connectivity index (χ0v) is 17.6. The van der Waals surface area contributed by atoms with E-state index in [1.165, 1.54) is 11.9 Å². The molecule has 1 unspecified atom stereocenters. The molecule has 7 nitrogen and oxygen atoms in total. The van der Waals surface area contributed by atoms with Gasteiger partial charge < -0.3 is 10.5 Å². The molecule has 0 amide bonds. The Morgan fingerprint density at radius 3 is 2.65 bits per heavy atom. The molecule has 0 aliphatic carbocycles. The van der Waals surface area contributed by atoms with E-state index >= 15 is 0 Å². The van der Waals surface area contributed by atoms with Crippen LogP contribution < -0.4 is 10.5 Å². The molecule has 1 atom stereocenters. The van der Waals surface area contributed by atoms with Gasteiger partial charge in [0.25, 0.3) is 0 Å². The topological polar surface area (TPSA) is 82.1 Å². The lowest BCUT2D eigenvalue weighted by Gasteiger charge is -2.33. The zero-order chi connectivity index (χ0) is 21.2. The molecule has 158 valence electrons. The number of aromatic nitrogens is 4. The summed E-state index contributed by atoms with van der Waals surface area (Å²) in [7, 11) is 1.66. The number of nitrogens with two attached hydrogens (primary N) is 1. The Balaban J connectivity index is 1.50. The summed E-state index contributed by atoms with van der Waals surface area (Å²) < 4.78 is 7.36. The molecule has 0 spiro atoms. The van der Waals surface area contributed by atoms with Crippen molar-refractivity contribution in [1.82, 2.24) is 24.6 Å². The smallest absolute Gasteiger partial charge is 0.164 e. The quantitative estimate of drug-likeness (QED) is 0.533. The summed E-state index contributed by atoms with van der Waals surface area (Å²) in [6, 6.07) is 18.7. The molecule has 2 N–H and O–H groups in total. The molecule has 3 heterocycles. The van der Waals surface area contributed by atoms with Crippen LogP contribution in [0.25, 0.3) is 22.3 Å². The summed E-state index contributed by atoms with van der Waals surface area (Å²) in [5, 5.41) is 5.82. The van der Waals surface area contributed by atoms with Gasteiger partial charge in [0.2, 0.25) is 0 Å². The van der Waals surface area contributed by atoms with E-state index in [1.807, 2.05) is 24.3 Å². The highest BCUT2D eigenvalue weighted by Crippen LogP contribution is 2.34. The second-order valence-corrected chi connectivity index (χ2v) is 8.00. The van der Waals surface area contributed by atoms with E-state index in [4.69, 9.17) is 15.6 Å². The summed E-state index contributed by atoms with van der Waals surface area (Å²) in [4.78, 5) is 11.3.